The third kappa shape index (κ3) is 6.89. The maximum Gasteiger partial charge on any atom is 0.324 e. The van der Waals surface area contributed by atoms with Gasteiger partial charge in [0.15, 0.2) is 0 Å². The van der Waals surface area contributed by atoms with Crippen molar-refractivity contribution in [2.75, 3.05) is 37.6 Å². The van der Waals surface area contributed by atoms with Crippen LogP contribution in [0.3, 0.4) is 0 Å². The molecule has 0 unspecified atom stereocenters. The average molecular weight is 424 g/mol. The van der Waals surface area contributed by atoms with Crippen molar-refractivity contribution in [3.8, 4) is 0 Å². The molecule has 1 aromatic carbocycles. The molecule has 3 rings (SSSR count). The molecule has 1 N–H and O–H groups in total. The highest BCUT2D eigenvalue weighted by atomic mass is 35.5. The highest BCUT2D eigenvalue weighted by molar-refractivity contribution is 5.94. The van der Waals surface area contributed by atoms with Gasteiger partial charge in [0, 0.05) is 31.7 Å². The van der Waals surface area contributed by atoms with Gasteiger partial charge in [-0.2, -0.15) is 0 Å². The highest BCUT2D eigenvalue weighted by Crippen LogP contribution is 2.23. The van der Waals surface area contributed by atoms with Crippen LogP contribution in [0, 0.1) is 5.92 Å². The van der Waals surface area contributed by atoms with E-state index in [2.05, 4.69) is 5.32 Å². The third-order valence-electron chi connectivity index (χ3n) is 5.59. The Morgan fingerprint density at radius 1 is 1.17 bits per heavy atom. The van der Waals surface area contributed by atoms with Crippen molar-refractivity contribution in [1.82, 2.24) is 10.2 Å². The first-order chi connectivity index (χ1) is 13.5. The van der Waals surface area contributed by atoms with Gasteiger partial charge < -0.3 is 15.0 Å². The summed E-state index contributed by atoms with van der Waals surface area (Å²) in [6.07, 6.45) is 4.50. The van der Waals surface area contributed by atoms with Crippen LogP contribution in [-0.4, -0.2) is 55.7 Å². The first kappa shape index (κ1) is 23.5. The number of halogens is 1. The molecular formula is C22H34ClN3O3. The minimum absolute atomic E-state index is 0. The number of nitrogens with zero attached hydrogens (tertiary/aromatic N) is 2. The lowest BCUT2D eigenvalue weighted by molar-refractivity contribution is -0.147. The molecule has 2 aliphatic rings. The maximum absolute atomic E-state index is 12.8. The Morgan fingerprint density at radius 2 is 1.86 bits per heavy atom. The number of rotatable bonds is 8. The topological polar surface area (TPSA) is 61.9 Å². The van der Waals surface area contributed by atoms with Gasteiger partial charge >= 0.3 is 12.0 Å². The molecule has 6 nitrogen and oxygen atoms in total. The molecule has 0 spiro atoms. The fraction of sp³-hybridized carbons (Fsp3) is 0.636. The summed E-state index contributed by atoms with van der Waals surface area (Å²) in [7, 11) is 0. The van der Waals surface area contributed by atoms with Crippen LogP contribution in [0.2, 0.25) is 0 Å². The number of esters is 1. The van der Waals surface area contributed by atoms with Crippen LogP contribution < -0.4 is 10.2 Å². The predicted molar refractivity (Wildman–Crippen MR) is 118 cm³/mol. The van der Waals surface area contributed by atoms with Gasteiger partial charge in [0.05, 0.1) is 6.10 Å². The Balaban J connectivity index is 0.00000300. The fourth-order valence-electron chi connectivity index (χ4n) is 3.95. The van der Waals surface area contributed by atoms with E-state index in [0.29, 0.717) is 12.8 Å². The Bertz CT molecular complexity index is 660. The van der Waals surface area contributed by atoms with E-state index in [0.717, 1.165) is 56.3 Å². The quantitative estimate of drug-likeness (QED) is 0.648. The predicted octanol–water partition coefficient (Wildman–Crippen LogP) is 3.62. The molecule has 0 bridgehead atoms. The molecule has 2 aliphatic heterocycles. The number of anilines is 1. The van der Waals surface area contributed by atoms with E-state index in [1.807, 2.05) is 47.9 Å². The largest absolute Gasteiger partial charge is 0.463 e. The zero-order chi connectivity index (χ0) is 19.9. The van der Waals surface area contributed by atoms with Crippen LogP contribution >= 0.6 is 12.4 Å². The lowest BCUT2D eigenvalue weighted by Gasteiger charge is -2.25. The number of hydrogen-bond donors (Lipinski definition) is 1. The molecule has 0 saturated carbocycles. The smallest absolute Gasteiger partial charge is 0.324 e. The van der Waals surface area contributed by atoms with Gasteiger partial charge in [-0.3, -0.25) is 9.69 Å². The second-order valence-electron chi connectivity index (χ2n) is 8.11. The van der Waals surface area contributed by atoms with Crippen molar-refractivity contribution in [3.63, 3.8) is 0 Å². The van der Waals surface area contributed by atoms with E-state index in [9.17, 15) is 9.59 Å². The van der Waals surface area contributed by atoms with E-state index in [4.69, 9.17) is 4.74 Å². The number of nitrogens with one attached hydrogen (secondary N) is 1. The van der Waals surface area contributed by atoms with E-state index in [-0.39, 0.29) is 30.5 Å². The third-order valence-corrected chi connectivity index (χ3v) is 5.59. The average Bonchev–Trinajstić information content (AvgIpc) is 3.06. The zero-order valence-electron chi connectivity index (χ0n) is 17.6. The van der Waals surface area contributed by atoms with Crippen molar-refractivity contribution in [2.24, 2.45) is 5.92 Å². The van der Waals surface area contributed by atoms with E-state index >= 15 is 0 Å². The van der Waals surface area contributed by atoms with Crippen LogP contribution in [0.25, 0.3) is 0 Å². The summed E-state index contributed by atoms with van der Waals surface area (Å²) in [5.74, 6) is 0.572. The minimum atomic E-state index is -0.168. The Morgan fingerprint density at radius 3 is 2.52 bits per heavy atom. The first-order valence-electron chi connectivity index (χ1n) is 10.6. The summed E-state index contributed by atoms with van der Waals surface area (Å²) in [5, 5.41) is 3.39. The van der Waals surface area contributed by atoms with Crippen LogP contribution in [0.5, 0.6) is 0 Å². The van der Waals surface area contributed by atoms with Crippen molar-refractivity contribution in [3.05, 3.63) is 29.8 Å². The van der Waals surface area contributed by atoms with Crippen LogP contribution in [0.4, 0.5) is 10.5 Å². The second kappa shape index (κ2) is 11.4. The van der Waals surface area contributed by atoms with Gasteiger partial charge in [-0.25, -0.2) is 4.79 Å². The molecule has 0 aromatic heterocycles. The number of carbonyl (C=O) groups excluding carboxylic acids is 2. The summed E-state index contributed by atoms with van der Waals surface area (Å²) in [5.41, 5.74) is 2.02. The summed E-state index contributed by atoms with van der Waals surface area (Å²) < 4.78 is 5.17. The highest BCUT2D eigenvalue weighted by Gasteiger charge is 2.29. The van der Waals surface area contributed by atoms with Crippen molar-refractivity contribution in [1.29, 1.82) is 0 Å². The molecule has 29 heavy (non-hydrogen) atoms. The Labute approximate surface area is 180 Å². The fourth-order valence-corrected chi connectivity index (χ4v) is 3.95. The van der Waals surface area contributed by atoms with Gasteiger partial charge in [0.1, 0.15) is 0 Å². The molecule has 0 aliphatic carbocycles. The van der Waals surface area contributed by atoms with Crippen LogP contribution in [0.15, 0.2) is 24.3 Å². The number of urea groups is 1. The SMILES string of the molecule is CC(C)OC(=O)CCc1ccc(N2CCN(CCC3CCNCC3)C2=O)cc1.Cl. The summed E-state index contributed by atoms with van der Waals surface area (Å²) in [6.45, 7) is 8.32. The minimum Gasteiger partial charge on any atom is -0.463 e. The number of hydrogen-bond acceptors (Lipinski definition) is 4. The summed E-state index contributed by atoms with van der Waals surface area (Å²) in [6, 6.07) is 8.09. The summed E-state index contributed by atoms with van der Waals surface area (Å²) in [4.78, 5) is 28.3. The van der Waals surface area contributed by atoms with E-state index < -0.39 is 0 Å². The van der Waals surface area contributed by atoms with Crippen molar-refractivity contribution >= 4 is 30.1 Å². The summed E-state index contributed by atoms with van der Waals surface area (Å²) >= 11 is 0. The molecule has 1 aromatic rings. The number of piperidine rings is 1. The number of aryl methyl sites for hydroxylation is 1. The van der Waals surface area contributed by atoms with Gasteiger partial charge in [0.2, 0.25) is 0 Å². The molecule has 7 heteroatoms. The monoisotopic (exact) mass is 423 g/mol. The van der Waals surface area contributed by atoms with Crippen LogP contribution in [-0.2, 0) is 16.0 Å². The standard InChI is InChI=1S/C22H33N3O3.ClH/c1-17(2)28-21(26)8-5-18-3-6-20(7-4-18)25-16-15-24(22(25)27)14-11-19-9-12-23-13-10-19;/h3-4,6-7,17,19,23H,5,8-16H2,1-2H3;1H. The van der Waals surface area contributed by atoms with Gasteiger partial charge in [-0.15, -0.1) is 12.4 Å². The molecule has 0 atom stereocenters. The van der Waals surface area contributed by atoms with Gasteiger partial charge in [-0.05, 0) is 76.2 Å². The lowest BCUT2D eigenvalue weighted by atomic mass is 9.94. The van der Waals surface area contributed by atoms with Gasteiger partial charge in [0.25, 0.3) is 0 Å². The first-order valence-corrected chi connectivity index (χ1v) is 10.6. The second-order valence-corrected chi connectivity index (χ2v) is 8.11. The number of carbonyl (C=O) groups is 2. The lowest BCUT2D eigenvalue weighted by Crippen LogP contribution is -2.34. The number of benzene rings is 1. The molecular weight excluding hydrogens is 390 g/mol. The molecule has 2 saturated heterocycles. The molecule has 0 radical (unpaired) electrons. The Hall–Kier alpha value is -1.79. The van der Waals surface area contributed by atoms with E-state index in [1.54, 1.807) is 0 Å². The Kier molecular flexibility index (Phi) is 9.24. The van der Waals surface area contributed by atoms with Crippen LogP contribution in [0.1, 0.15) is 45.1 Å². The number of amides is 2. The zero-order valence-corrected chi connectivity index (χ0v) is 18.4. The van der Waals surface area contributed by atoms with Gasteiger partial charge in [-0.1, -0.05) is 12.1 Å². The molecule has 162 valence electrons. The van der Waals surface area contributed by atoms with E-state index in [1.165, 1.54) is 12.8 Å². The number of ether oxygens (including phenoxy) is 1. The normalized spacial score (nSPS) is 17.6. The van der Waals surface area contributed by atoms with Crippen molar-refractivity contribution in [2.45, 2.75) is 52.1 Å². The molecule has 2 amide bonds. The maximum atomic E-state index is 12.8. The molecule has 2 heterocycles. The molecule has 2 fully saturated rings. The van der Waals surface area contributed by atoms with Crippen molar-refractivity contribution < 1.29 is 14.3 Å².